The van der Waals surface area contributed by atoms with Crippen molar-refractivity contribution in [2.45, 2.75) is 25.7 Å². The summed E-state index contributed by atoms with van der Waals surface area (Å²) in [5.41, 5.74) is 2.01. The van der Waals surface area contributed by atoms with Gasteiger partial charge in [0.2, 0.25) is 11.8 Å². The standard InChI is InChI=1S/C23H25FN2O2/c24-20-6-8-21(9-7-20)26-16-19(15-22(26)27)23(28)25-12-10-18(11-13-25)14-17-4-2-1-3-5-17/h1-9,18-19H,10-16H2. The summed E-state index contributed by atoms with van der Waals surface area (Å²) in [5.74, 6) is -0.0166. The Hall–Kier alpha value is -2.69. The van der Waals surface area contributed by atoms with Crippen molar-refractivity contribution < 1.29 is 14.0 Å². The van der Waals surface area contributed by atoms with Crippen LogP contribution in [0.5, 0.6) is 0 Å². The Bertz CT molecular complexity index is 829. The molecule has 2 saturated heterocycles. The number of carbonyl (C=O) groups excluding carboxylic acids is 2. The van der Waals surface area contributed by atoms with Gasteiger partial charge in [0.05, 0.1) is 5.92 Å². The zero-order valence-electron chi connectivity index (χ0n) is 15.9. The first-order valence-electron chi connectivity index (χ1n) is 9.99. The predicted molar refractivity (Wildman–Crippen MR) is 106 cm³/mol. The molecule has 2 aromatic carbocycles. The Labute approximate surface area is 164 Å². The van der Waals surface area contributed by atoms with Crippen LogP contribution in [0.15, 0.2) is 54.6 Å². The van der Waals surface area contributed by atoms with Crippen molar-refractivity contribution in [1.29, 1.82) is 0 Å². The molecule has 146 valence electrons. The first kappa shape index (κ1) is 18.7. The zero-order valence-corrected chi connectivity index (χ0v) is 15.9. The van der Waals surface area contributed by atoms with Gasteiger partial charge in [0, 0.05) is 31.7 Å². The summed E-state index contributed by atoms with van der Waals surface area (Å²) in [6.07, 6.45) is 3.30. The Balaban J connectivity index is 1.32. The number of rotatable bonds is 4. The molecule has 1 unspecified atom stereocenters. The number of nitrogens with zero attached hydrogens (tertiary/aromatic N) is 2. The van der Waals surface area contributed by atoms with Crippen LogP contribution in [0.25, 0.3) is 0 Å². The molecular formula is C23H25FN2O2. The number of hydrogen-bond donors (Lipinski definition) is 0. The SMILES string of the molecule is O=C(C1CC(=O)N(c2ccc(F)cc2)C1)N1CCC(Cc2ccccc2)CC1. The molecule has 0 bridgehead atoms. The minimum Gasteiger partial charge on any atom is -0.342 e. The van der Waals surface area contributed by atoms with Crippen molar-refractivity contribution in [3.05, 3.63) is 66.0 Å². The molecule has 5 heteroatoms. The van der Waals surface area contributed by atoms with Gasteiger partial charge in [-0.05, 0) is 55.0 Å². The van der Waals surface area contributed by atoms with Gasteiger partial charge in [0.25, 0.3) is 0 Å². The van der Waals surface area contributed by atoms with Crippen LogP contribution in [0.2, 0.25) is 0 Å². The highest BCUT2D eigenvalue weighted by molar-refractivity contribution is 6.00. The van der Waals surface area contributed by atoms with Crippen LogP contribution in [0.1, 0.15) is 24.8 Å². The number of likely N-dealkylation sites (tertiary alicyclic amines) is 1. The maximum Gasteiger partial charge on any atom is 0.228 e. The molecule has 2 aromatic rings. The molecule has 2 heterocycles. The summed E-state index contributed by atoms with van der Waals surface area (Å²) in [7, 11) is 0. The van der Waals surface area contributed by atoms with E-state index in [-0.39, 0.29) is 30.0 Å². The highest BCUT2D eigenvalue weighted by atomic mass is 19.1. The second kappa shape index (κ2) is 8.13. The molecule has 0 spiro atoms. The van der Waals surface area contributed by atoms with E-state index in [0.717, 1.165) is 32.4 Å². The Kier molecular flexibility index (Phi) is 5.42. The third kappa shape index (κ3) is 4.08. The van der Waals surface area contributed by atoms with Crippen LogP contribution in [0, 0.1) is 17.7 Å². The summed E-state index contributed by atoms with van der Waals surface area (Å²) in [6.45, 7) is 1.91. The maximum atomic E-state index is 13.1. The lowest BCUT2D eigenvalue weighted by Crippen LogP contribution is -2.42. The van der Waals surface area contributed by atoms with E-state index in [9.17, 15) is 14.0 Å². The molecular weight excluding hydrogens is 355 g/mol. The smallest absolute Gasteiger partial charge is 0.228 e. The number of anilines is 1. The predicted octanol–water partition coefficient (Wildman–Crippen LogP) is 3.66. The van der Waals surface area contributed by atoms with E-state index >= 15 is 0 Å². The van der Waals surface area contributed by atoms with Crippen molar-refractivity contribution >= 4 is 17.5 Å². The first-order chi connectivity index (χ1) is 13.6. The fourth-order valence-corrected chi connectivity index (χ4v) is 4.31. The van der Waals surface area contributed by atoms with E-state index < -0.39 is 0 Å². The van der Waals surface area contributed by atoms with E-state index in [1.165, 1.54) is 17.7 Å². The van der Waals surface area contributed by atoms with Crippen molar-refractivity contribution in [2.75, 3.05) is 24.5 Å². The molecule has 4 nitrogen and oxygen atoms in total. The Morgan fingerprint density at radius 3 is 2.36 bits per heavy atom. The lowest BCUT2D eigenvalue weighted by molar-refractivity contribution is -0.137. The third-order valence-corrected chi connectivity index (χ3v) is 5.91. The highest BCUT2D eigenvalue weighted by Gasteiger charge is 2.38. The molecule has 1 atom stereocenters. The van der Waals surface area contributed by atoms with Crippen molar-refractivity contribution in [2.24, 2.45) is 11.8 Å². The fraction of sp³-hybridized carbons (Fsp3) is 0.391. The number of amides is 2. The van der Waals surface area contributed by atoms with Crippen molar-refractivity contribution in [1.82, 2.24) is 4.90 Å². The number of carbonyl (C=O) groups is 2. The van der Waals surface area contributed by atoms with Gasteiger partial charge in [-0.1, -0.05) is 30.3 Å². The van der Waals surface area contributed by atoms with E-state index in [1.807, 2.05) is 11.0 Å². The van der Waals surface area contributed by atoms with Gasteiger partial charge >= 0.3 is 0 Å². The second-order valence-electron chi connectivity index (χ2n) is 7.84. The van der Waals surface area contributed by atoms with Gasteiger partial charge in [-0.2, -0.15) is 0 Å². The van der Waals surface area contributed by atoms with Crippen LogP contribution < -0.4 is 4.90 Å². The summed E-state index contributed by atoms with van der Waals surface area (Å²) in [6, 6.07) is 16.4. The van der Waals surface area contributed by atoms with Crippen LogP contribution in [0.3, 0.4) is 0 Å². The molecule has 28 heavy (non-hydrogen) atoms. The van der Waals surface area contributed by atoms with E-state index in [2.05, 4.69) is 24.3 Å². The van der Waals surface area contributed by atoms with E-state index in [1.54, 1.807) is 17.0 Å². The molecule has 4 rings (SSSR count). The average Bonchev–Trinajstić information content (AvgIpc) is 3.11. The highest BCUT2D eigenvalue weighted by Crippen LogP contribution is 2.28. The van der Waals surface area contributed by atoms with Gasteiger partial charge in [0.15, 0.2) is 0 Å². The normalized spacial score (nSPS) is 20.6. The molecule has 2 aliphatic rings. The molecule has 2 aliphatic heterocycles. The molecule has 0 saturated carbocycles. The van der Waals surface area contributed by atoms with E-state index in [4.69, 9.17) is 0 Å². The van der Waals surface area contributed by atoms with Gasteiger partial charge < -0.3 is 9.80 Å². The molecule has 0 aliphatic carbocycles. The number of piperidine rings is 1. The first-order valence-corrected chi connectivity index (χ1v) is 9.99. The third-order valence-electron chi connectivity index (χ3n) is 5.91. The van der Waals surface area contributed by atoms with Crippen LogP contribution in [-0.4, -0.2) is 36.3 Å². The van der Waals surface area contributed by atoms with Gasteiger partial charge in [-0.15, -0.1) is 0 Å². The lowest BCUT2D eigenvalue weighted by atomic mass is 9.89. The largest absolute Gasteiger partial charge is 0.342 e. The molecule has 0 aromatic heterocycles. The van der Waals surface area contributed by atoms with E-state index in [0.29, 0.717) is 18.2 Å². The average molecular weight is 380 g/mol. The molecule has 2 amide bonds. The summed E-state index contributed by atoms with van der Waals surface area (Å²) >= 11 is 0. The quantitative estimate of drug-likeness (QED) is 0.812. The Morgan fingerprint density at radius 2 is 1.68 bits per heavy atom. The summed E-state index contributed by atoms with van der Waals surface area (Å²) in [5, 5.41) is 0. The van der Waals surface area contributed by atoms with Gasteiger partial charge in [-0.25, -0.2) is 4.39 Å². The maximum absolute atomic E-state index is 13.1. The van der Waals surface area contributed by atoms with Gasteiger partial charge in [0.1, 0.15) is 5.82 Å². The minimum atomic E-state index is -0.332. The monoisotopic (exact) mass is 380 g/mol. The molecule has 0 radical (unpaired) electrons. The van der Waals surface area contributed by atoms with Gasteiger partial charge in [-0.3, -0.25) is 9.59 Å². The Morgan fingerprint density at radius 1 is 1.00 bits per heavy atom. The number of hydrogen-bond acceptors (Lipinski definition) is 2. The zero-order chi connectivity index (χ0) is 19.5. The minimum absolute atomic E-state index is 0.0658. The number of halogens is 1. The summed E-state index contributed by atoms with van der Waals surface area (Å²) < 4.78 is 13.1. The second-order valence-corrected chi connectivity index (χ2v) is 7.84. The molecule has 0 N–H and O–H groups in total. The van der Waals surface area contributed by atoms with Crippen LogP contribution in [-0.2, 0) is 16.0 Å². The van der Waals surface area contributed by atoms with Crippen molar-refractivity contribution in [3.8, 4) is 0 Å². The van der Waals surface area contributed by atoms with Crippen LogP contribution >= 0.6 is 0 Å². The fourth-order valence-electron chi connectivity index (χ4n) is 4.31. The topological polar surface area (TPSA) is 40.6 Å². The van der Waals surface area contributed by atoms with Crippen molar-refractivity contribution in [3.63, 3.8) is 0 Å². The number of benzene rings is 2. The molecule has 2 fully saturated rings. The lowest BCUT2D eigenvalue weighted by Gasteiger charge is -2.33. The van der Waals surface area contributed by atoms with Crippen LogP contribution in [0.4, 0.5) is 10.1 Å². The summed E-state index contributed by atoms with van der Waals surface area (Å²) in [4.78, 5) is 28.8.